The van der Waals surface area contributed by atoms with Crippen molar-refractivity contribution in [2.75, 3.05) is 6.61 Å². The largest absolute Gasteiger partial charge is 0.462 e. The molecule has 3 nitrogen and oxygen atoms in total. The summed E-state index contributed by atoms with van der Waals surface area (Å²) >= 11 is 0. The first kappa shape index (κ1) is 11.4. The van der Waals surface area contributed by atoms with Gasteiger partial charge in [-0.3, -0.25) is 0 Å². The quantitative estimate of drug-likeness (QED) is 0.725. The van der Waals surface area contributed by atoms with Crippen LogP contribution >= 0.6 is 0 Å². The second-order valence-electron chi connectivity index (χ2n) is 2.60. The van der Waals surface area contributed by atoms with E-state index in [0.29, 0.717) is 0 Å². The number of hydrogen-bond acceptors (Lipinski definition) is 3. The zero-order chi connectivity index (χ0) is 11.3. The first-order valence-corrected chi connectivity index (χ1v) is 4.36. The van der Waals surface area contributed by atoms with Gasteiger partial charge in [-0.1, -0.05) is 12.1 Å². The average Bonchev–Trinajstić information content (AvgIpc) is 2.18. The van der Waals surface area contributed by atoms with Crippen LogP contribution in [0.25, 0.3) is 0 Å². The van der Waals surface area contributed by atoms with E-state index >= 15 is 0 Å². The Bertz CT molecular complexity index is 339. The number of benzene rings is 1. The van der Waals surface area contributed by atoms with E-state index in [4.69, 9.17) is 0 Å². The maximum Gasteiger partial charge on any atom is 0.387 e. The number of hydrogen-bond donors (Lipinski definition) is 0. The van der Waals surface area contributed by atoms with E-state index in [1.54, 1.807) is 13.0 Å². The standard InChI is InChI=1S/C10H10F2O3/c1-2-14-9(13)7-5-3-4-6-8(7)15-10(11)12/h3-6,10H,2H2,1H3. The van der Waals surface area contributed by atoms with Crippen molar-refractivity contribution in [2.45, 2.75) is 13.5 Å². The second-order valence-corrected chi connectivity index (χ2v) is 2.60. The molecule has 0 saturated heterocycles. The lowest BCUT2D eigenvalue weighted by atomic mass is 10.2. The van der Waals surface area contributed by atoms with Gasteiger partial charge in [-0.25, -0.2) is 4.79 Å². The summed E-state index contributed by atoms with van der Waals surface area (Å²) in [5, 5.41) is 0. The molecule has 0 heterocycles. The lowest BCUT2D eigenvalue weighted by Gasteiger charge is -2.09. The van der Waals surface area contributed by atoms with Crippen LogP contribution in [-0.4, -0.2) is 19.2 Å². The number of esters is 1. The Kier molecular flexibility index (Phi) is 4.03. The van der Waals surface area contributed by atoms with E-state index in [9.17, 15) is 13.6 Å². The van der Waals surface area contributed by atoms with Crippen molar-refractivity contribution in [1.82, 2.24) is 0 Å². The molecule has 0 bridgehead atoms. The highest BCUT2D eigenvalue weighted by Gasteiger charge is 2.15. The van der Waals surface area contributed by atoms with Gasteiger partial charge in [0.2, 0.25) is 0 Å². The molecule has 0 saturated carbocycles. The number of carbonyl (C=O) groups excluding carboxylic acids is 1. The topological polar surface area (TPSA) is 35.5 Å². The summed E-state index contributed by atoms with van der Waals surface area (Å²) in [7, 11) is 0. The summed E-state index contributed by atoms with van der Waals surface area (Å²) in [4.78, 5) is 11.3. The van der Waals surface area contributed by atoms with Gasteiger partial charge in [0.25, 0.3) is 0 Å². The maximum absolute atomic E-state index is 12.0. The second kappa shape index (κ2) is 5.29. The van der Waals surface area contributed by atoms with E-state index in [1.165, 1.54) is 18.2 Å². The van der Waals surface area contributed by atoms with Crippen molar-refractivity contribution >= 4 is 5.97 Å². The molecule has 0 fully saturated rings. The Morgan fingerprint density at radius 3 is 2.67 bits per heavy atom. The van der Waals surface area contributed by atoms with Crippen LogP contribution in [0.1, 0.15) is 17.3 Å². The first-order valence-electron chi connectivity index (χ1n) is 4.36. The van der Waals surface area contributed by atoms with E-state index in [1.807, 2.05) is 0 Å². The van der Waals surface area contributed by atoms with Crippen LogP contribution < -0.4 is 4.74 Å². The molecule has 82 valence electrons. The molecule has 0 aliphatic carbocycles. The van der Waals surface area contributed by atoms with Crippen molar-refractivity contribution in [3.05, 3.63) is 29.8 Å². The maximum atomic E-state index is 12.0. The predicted octanol–water partition coefficient (Wildman–Crippen LogP) is 2.46. The first-order chi connectivity index (χ1) is 7.15. The summed E-state index contributed by atoms with van der Waals surface area (Å²) in [5.41, 5.74) is -0.000324. The molecule has 1 aromatic rings. The highest BCUT2D eigenvalue weighted by molar-refractivity contribution is 5.92. The fraction of sp³-hybridized carbons (Fsp3) is 0.300. The Labute approximate surface area is 85.6 Å². The van der Waals surface area contributed by atoms with Crippen LogP contribution in [0.5, 0.6) is 5.75 Å². The number of para-hydroxylation sites is 1. The van der Waals surface area contributed by atoms with E-state index in [-0.39, 0.29) is 17.9 Å². The van der Waals surface area contributed by atoms with Crippen LogP contribution in [0, 0.1) is 0 Å². The number of ether oxygens (including phenoxy) is 2. The highest BCUT2D eigenvalue weighted by atomic mass is 19.3. The minimum Gasteiger partial charge on any atom is -0.462 e. The summed E-state index contributed by atoms with van der Waals surface area (Å²) in [5.74, 6) is -0.847. The third kappa shape index (κ3) is 3.19. The molecular weight excluding hydrogens is 206 g/mol. The van der Waals surface area contributed by atoms with Crippen LogP contribution in [0.3, 0.4) is 0 Å². The predicted molar refractivity (Wildman–Crippen MR) is 49.0 cm³/mol. The number of alkyl halides is 2. The highest BCUT2D eigenvalue weighted by Crippen LogP contribution is 2.20. The van der Waals surface area contributed by atoms with Crippen molar-refractivity contribution < 1.29 is 23.0 Å². The molecule has 0 aliphatic heterocycles. The van der Waals surface area contributed by atoms with Crippen LogP contribution in [0.2, 0.25) is 0 Å². The molecule has 0 aliphatic rings. The van der Waals surface area contributed by atoms with Gasteiger partial charge in [-0.15, -0.1) is 0 Å². The Morgan fingerprint density at radius 2 is 2.07 bits per heavy atom. The lowest BCUT2D eigenvalue weighted by molar-refractivity contribution is -0.0504. The summed E-state index contributed by atoms with van der Waals surface area (Å²) in [6, 6.07) is 5.71. The molecule has 0 radical (unpaired) electrons. The normalized spacial score (nSPS) is 10.1. The zero-order valence-corrected chi connectivity index (χ0v) is 8.07. The van der Waals surface area contributed by atoms with Crippen molar-refractivity contribution in [1.29, 1.82) is 0 Å². The molecule has 0 spiro atoms. The summed E-state index contributed by atoms with van der Waals surface area (Å²) in [6.45, 7) is -1.14. The SMILES string of the molecule is CCOC(=O)c1ccccc1OC(F)F. The van der Waals surface area contributed by atoms with Crippen molar-refractivity contribution in [3.8, 4) is 5.75 Å². The van der Waals surface area contributed by atoms with Gasteiger partial charge >= 0.3 is 12.6 Å². The van der Waals surface area contributed by atoms with Crippen molar-refractivity contribution in [3.63, 3.8) is 0 Å². The van der Waals surface area contributed by atoms with Gasteiger partial charge in [0, 0.05) is 0 Å². The third-order valence-electron chi connectivity index (χ3n) is 1.60. The van der Waals surface area contributed by atoms with Gasteiger partial charge in [0.15, 0.2) is 0 Å². The fourth-order valence-electron chi connectivity index (χ4n) is 1.04. The van der Waals surface area contributed by atoms with E-state index < -0.39 is 12.6 Å². The molecule has 0 aromatic heterocycles. The lowest BCUT2D eigenvalue weighted by Crippen LogP contribution is -2.10. The molecule has 0 atom stereocenters. The minimum absolute atomic E-state index is 0.000324. The molecular formula is C10H10F2O3. The van der Waals surface area contributed by atoms with Gasteiger partial charge in [-0.2, -0.15) is 8.78 Å². The van der Waals surface area contributed by atoms with Crippen LogP contribution in [0.15, 0.2) is 24.3 Å². The van der Waals surface area contributed by atoms with Crippen LogP contribution in [-0.2, 0) is 4.74 Å². The van der Waals surface area contributed by atoms with E-state index in [0.717, 1.165) is 0 Å². The number of rotatable bonds is 4. The monoisotopic (exact) mass is 216 g/mol. The average molecular weight is 216 g/mol. The number of carbonyl (C=O) groups is 1. The number of halogens is 2. The molecule has 0 N–H and O–H groups in total. The van der Waals surface area contributed by atoms with E-state index in [2.05, 4.69) is 9.47 Å². The molecule has 1 rings (SSSR count). The minimum atomic E-state index is -2.96. The van der Waals surface area contributed by atoms with Crippen LogP contribution in [0.4, 0.5) is 8.78 Å². The third-order valence-corrected chi connectivity index (χ3v) is 1.60. The summed E-state index contributed by atoms with van der Waals surface area (Å²) < 4.78 is 32.8. The summed E-state index contributed by atoms with van der Waals surface area (Å²) in [6.07, 6.45) is 0. The zero-order valence-electron chi connectivity index (χ0n) is 8.07. The van der Waals surface area contributed by atoms with Gasteiger partial charge in [0.1, 0.15) is 11.3 Å². The smallest absolute Gasteiger partial charge is 0.387 e. The molecule has 0 amide bonds. The molecule has 5 heteroatoms. The molecule has 0 unspecified atom stereocenters. The Balaban J connectivity index is 2.90. The van der Waals surface area contributed by atoms with Gasteiger partial charge < -0.3 is 9.47 Å². The van der Waals surface area contributed by atoms with Gasteiger partial charge in [0.05, 0.1) is 6.61 Å². The van der Waals surface area contributed by atoms with Gasteiger partial charge in [-0.05, 0) is 19.1 Å². The van der Waals surface area contributed by atoms with Crippen molar-refractivity contribution in [2.24, 2.45) is 0 Å². The molecule has 15 heavy (non-hydrogen) atoms. The Morgan fingerprint density at radius 1 is 1.40 bits per heavy atom. The fourth-order valence-corrected chi connectivity index (χ4v) is 1.04. The molecule has 1 aromatic carbocycles. The Hall–Kier alpha value is -1.65.